The number of carbonyl (C=O) groups excluding carboxylic acids is 1. The number of para-hydroxylation sites is 1. The molecular weight excluding hydrogens is 310 g/mol. The molecule has 0 aliphatic carbocycles. The third kappa shape index (κ3) is 3.42. The van der Waals surface area contributed by atoms with Gasteiger partial charge in [-0.25, -0.2) is 4.68 Å². The number of nitrogens with one attached hydrogen (secondary N) is 1. The molecule has 7 heteroatoms. The van der Waals surface area contributed by atoms with E-state index in [0.717, 1.165) is 11.4 Å². The molecule has 0 bridgehead atoms. The molecule has 24 heavy (non-hydrogen) atoms. The Morgan fingerprint density at radius 2 is 2.04 bits per heavy atom. The van der Waals surface area contributed by atoms with Crippen molar-refractivity contribution in [3.05, 3.63) is 51.9 Å². The lowest BCUT2D eigenvalue weighted by atomic mass is 10.1. The Bertz CT molecular complexity index is 751. The zero-order chi connectivity index (χ0) is 16.9. The van der Waals surface area contributed by atoms with Crippen molar-refractivity contribution in [2.75, 3.05) is 33.5 Å². The molecule has 7 nitrogen and oxygen atoms in total. The van der Waals surface area contributed by atoms with E-state index in [4.69, 9.17) is 9.47 Å². The van der Waals surface area contributed by atoms with Gasteiger partial charge in [-0.1, -0.05) is 18.2 Å². The molecule has 0 saturated carbocycles. The van der Waals surface area contributed by atoms with Gasteiger partial charge >= 0.3 is 0 Å². The number of H-pyrrole nitrogens is 1. The lowest BCUT2D eigenvalue weighted by molar-refractivity contribution is -0.137. The summed E-state index contributed by atoms with van der Waals surface area (Å²) in [6, 6.07) is 9.41. The van der Waals surface area contributed by atoms with E-state index in [9.17, 15) is 9.59 Å². The first-order chi connectivity index (χ1) is 11.7. The lowest BCUT2D eigenvalue weighted by Crippen LogP contribution is -2.39. The molecule has 1 aliphatic heterocycles. The van der Waals surface area contributed by atoms with E-state index in [-0.39, 0.29) is 18.1 Å². The van der Waals surface area contributed by atoms with E-state index in [1.807, 2.05) is 30.3 Å². The molecule has 0 atom stereocenters. The van der Waals surface area contributed by atoms with Crippen LogP contribution in [-0.2, 0) is 27.2 Å². The van der Waals surface area contributed by atoms with Crippen molar-refractivity contribution in [3.63, 3.8) is 0 Å². The molecule has 0 unspecified atom stereocenters. The summed E-state index contributed by atoms with van der Waals surface area (Å²) in [5.74, 6) is -0.108. The monoisotopic (exact) mass is 331 g/mol. The summed E-state index contributed by atoms with van der Waals surface area (Å²) in [6.07, 6.45) is 0.633. The second kappa shape index (κ2) is 7.46. The quantitative estimate of drug-likeness (QED) is 0.791. The maximum Gasteiger partial charge on any atom is 0.276 e. The minimum Gasteiger partial charge on any atom is -0.382 e. The van der Waals surface area contributed by atoms with Crippen molar-refractivity contribution < 1.29 is 14.3 Å². The van der Waals surface area contributed by atoms with Gasteiger partial charge in [-0.2, -0.15) is 0 Å². The number of aromatic nitrogens is 2. The van der Waals surface area contributed by atoms with E-state index < -0.39 is 0 Å². The number of amides is 1. The van der Waals surface area contributed by atoms with Crippen molar-refractivity contribution >= 4 is 5.91 Å². The fourth-order valence-electron chi connectivity index (χ4n) is 2.77. The van der Waals surface area contributed by atoms with Crippen LogP contribution in [0.25, 0.3) is 5.69 Å². The number of hydrogen-bond acceptors (Lipinski definition) is 4. The first kappa shape index (κ1) is 16.5. The number of nitrogens with zero attached hydrogens (tertiary/aromatic N) is 2. The summed E-state index contributed by atoms with van der Waals surface area (Å²) in [7, 11) is 1.58. The molecule has 1 aromatic heterocycles. The summed E-state index contributed by atoms with van der Waals surface area (Å²) < 4.78 is 11.7. The van der Waals surface area contributed by atoms with E-state index in [1.54, 1.807) is 12.0 Å². The van der Waals surface area contributed by atoms with Crippen LogP contribution in [0.15, 0.2) is 35.1 Å². The maximum absolute atomic E-state index is 12.6. The second-order valence-corrected chi connectivity index (χ2v) is 5.66. The van der Waals surface area contributed by atoms with Gasteiger partial charge < -0.3 is 14.4 Å². The minimum atomic E-state index is -0.108. The molecule has 1 aromatic carbocycles. The zero-order valence-corrected chi connectivity index (χ0v) is 13.7. The van der Waals surface area contributed by atoms with Gasteiger partial charge in [0.25, 0.3) is 5.56 Å². The SMILES string of the molecule is COCCOCC(=O)N1CCc2[nH]n(-c3ccccc3)c(=O)c2C1. The number of carbonyl (C=O) groups is 1. The van der Waals surface area contributed by atoms with E-state index in [0.29, 0.717) is 38.3 Å². The third-order valence-electron chi connectivity index (χ3n) is 4.08. The highest BCUT2D eigenvalue weighted by atomic mass is 16.5. The molecule has 0 saturated heterocycles. The summed E-state index contributed by atoms with van der Waals surface area (Å²) in [6.45, 7) is 1.74. The van der Waals surface area contributed by atoms with Crippen LogP contribution in [-0.4, -0.2) is 54.1 Å². The average Bonchev–Trinajstić information content (AvgIpc) is 2.95. The Morgan fingerprint density at radius 3 is 2.79 bits per heavy atom. The number of rotatable bonds is 6. The smallest absolute Gasteiger partial charge is 0.276 e. The standard InChI is InChI=1S/C17H21N3O4/c1-23-9-10-24-12-16(21)19-8-7-15-14(11-19)17(22)20(18-15)13-5-3-2-4-6-13/h2-6,18H,7-12H2,1H3. The zero-order valence-electron chi connectivity index (χ0n) is 13.7. The van der Waals surface area contributed by atoms with Gasteiger partial charge in [-0.15, -0.1) is 0 Å². The van der Waals surface area contributed by atoms with Gasteiger partial charge in [0.2, 0.25) is 5.91 Å². The van der Waals surface area contributed by atoms with Gasteiger partial charge in [0.15, 0.2) is 0 Å². The fourth-order valence-corrected chi connectivity index (χ4v) is 2.77. The van der Waals surface area contributed by atoms with Crippen LogP contribution in [0, 0.1) is 0 Å². The van der Waals surface area contributed by atoms with E-state index >= 15 is 0 Å². The van der Waals surface area contributed by atoms with E-state index in [1.165, 1.54) is 4.68 Å². The molecule has 0 radical (unpaired) electrons. The highest BCUT2D eigenvalue weighted by molar-refractivity contribution is 5.77. The summed E-state index contributed by atoms with van der Waals surface area (Å²) >= 11 is 0. The first-order valence-electron chi connectivity index (χ1n) is 7.93. The van der Waals surface area contributed by atoms with Crippen molar-refractivity contribution in [1.82, 2.24) is 14.7 Å². The number of ether oxygens (including phenoxy) is 2. The van der Waals surface area contributed by atoms with Crippen LogP contribution in [0.4, 0.5) is 0 Å². The minimum absolute atomic E-state index is 0.00991. The van der Waals surface area contributed by atoms with Gasteiger partial charge in [-0.3, -0.25) is 14.7 Å². The average molecular weight is 331 g/mol. The van der Waals surface area contributed by atoms with Crippen LogP contribution in [0.1, 0.15) is 11.3 Å². The number of methoxy groups -OCH3 is 1. The highest BCUT2D eigenvalue weighted by Crippen LogP contribution is 2.16. The number of hydrogen-bond donors (Lipinski definition) is 1. The van der Waals surface area contributed by atoms with Crippen molar-refractivity contribution in [1.29, 1.82) is 0 Å². The van der Waals surface area contributed by atoms with Crippen molar-refractivity contribution in [2.24, 2.45) is 0 Å². The van der Waals surface area contributed by atoms with Gasteiger partial charge in [0.1, 0.15) is 6.61 Å². The summed E-state index contributed by atoms with van der Waals surface area (Å²) in [5, 5.41) is 3.16. The molecule has 0 fully saturated rings. The van der Waals surface area contributed by atoms with Gasteiger partial charge in [-0.05, 0) is 12.1 Å². The molecule has 0 spiro atoms. The Labute approximate surface area is 139 Å². The van der Waals surface area contributed by atoms with Crippen molar-refractivity contribution in [2.45, 2.75) is 13.0 Å². The van der Waals surface area contributed by atoms with Crippen LogP contribution in [0.2, 0.25) is 0 Å². The largest absolute Gasteiger partial charge is 0.382 e. The van der Waals surface area contributed by atoms with Crippen LogP contribution < -0.4 is 5.56 Å². The first-order valence-corrected chi connectivity index (χ1v) is 7.93. The molecule has 2 aromatic rings. The molecule has 128 valence electrons. The maximum atomic E-state index is 12.6. The lowest BCUT2D eigenvalue weighted by Gasteiger charge is -2.26. The Balaban J connectivity index is 1.71. The molecule has 1 amide bonds. The molecule has 2 heterocycles. The third-order valence-corrected chi connectivity index (χ3v) is 4.08. The number of fused-ring (bicyclic) bond motifs is 1. The second-order valence-electron chi connectivity index (χ2n) is 5.66. The fraction of sp³-hybridized carbons (Fsp3) is 0.412. The van der Waals surface area contributed by atoms with Crippen LogP contribution in [0.5, 0.6) is 0 Å². The predicted molar refractivity (Wildman–Crippen MR) is 88.2 cm³/mol. The molecule has 1 aliphatic rings. The topological polar surface area (TPSA) is 76.6 Å². The normalized spacial score (nSPS) is 13.8. The van der Waals surface area contributed by atoms with E-state index in [2.05, 4.69) is 5.10 Å². The summed E-state index contributed by atoms with van der Waals surface area (Å²) in [5.41, 5.74) is 2.23. The van der Waals surface area contributed by atoms with Crippen LogP contribution >= 0.6 is 0 Å². The van der Waals surface area contributed by atoms with Crippen molar-refractivity contribution in [3.8, 4) is 5.69 Å². The molecule has 1 N–H and O–H groups in total. The number of aromatic amines is 1. The Kier molecular flexibility index (Phi) is 5.12. The molecule has 3 rings (SSSR count). The molecular formula is C17H21N3O4. The predicted octanol–water partition coefficient (Wildman–Crippen LogP) is 0.713. The Hall–Kier alpha value is -2.38. The van der Waals surface area contributed by atoms with Gasteiger partial charge in [0, 0.05) is 25.8 Å². The van der Waals surface area contributed by atoms with Gasteiger partial charge in [0.05, 0.1) is 31.0 Å². The highest BCUT2D eigenvalue weighted by Gasteiger charge is 2.25. The van der Waals surface area contributed by atoms with Crippen LogP contribution in [0.3, 0.4) is 0 Å². The summed E-state index contributed by atoms with van der Waals surface area (Å²) in [4.78, 5) is 26.5. The Morgan fingerprint density at radius 1 is 1.25 bits per heavy atom. The number of benzene rings is 1.